The van der Waals surface area contributed by atoms with Crippen LogP contribution in [0.2, 0.25) is 0 Å². The summed E-state index contributed by atoms with van der Waals surface area (Å²) < 4.78 is 30.3. The van der Waals surface area contributed by atoms with Gasteiger partial charge in [0.25, 0.3) is 0 Å². The van der Waals surface area contributed by atoms with E-state index in [0.29, 0.717) is 6.29 Å². The zero-order chi connectivity index (χ0) is 14.4. The van der Waals surface area contributed by atoms with Crippen LogP contribution in [0.5, 0.6) is 0 Å². The van der Waals surface area contributed by atoms with Gasteiger partial charge in [-0.1, -0.05) is 0 Å². The van der Waals surface area contributed by atoms with Gasteiger partial charge in [-0.05, 0) is 0 Å². The molecule has 0 radical (unpaired) electrons. The number of hydrogen-bond acceptors (Lipinski definition) is 6. The van der Waals surface area contributed by atoms with Crippen LogP contribution in [-0.4, -0.2) is 61.9 Å². The van der Waals surface area contributed by atoms with Gasteiger partial charge in [0.1, 0.15) is 0 Å². The number of rotatable bonds is 2. The van der Waals surface area contributed by atoms with Gasteiger partial charge in [0, 0.05) is 0 Å². The third-order valence-electron chi connectivity index (χ3n) is 4.34. The van der Waals surface area contributed by atoms with Gasteiger partial charge in [-0.15, -0.1) is 0 Å². The van der Waals surface area contributed by atoms with Crippen molar-refractivity contribution in [1.82, 2.24) is 4.90 Å². The molecule has 1 spiro atoms. The molecule has 0 amide bonds. The van der Waals surface area contributed by atoms with Crippen LogP contribution >= 0.6 is 7.51 Å². The third kappa shape index (κ3) is 2.52. The van der Waals surface area contributed by atoms with Crippen LogP contribution in [0.4, 0.5) is 0 Å². The maximum absolute atomic E-state index is 6.23. The number of morpholine rings is 1. The fraction of sp³-hybridized carbons (Fsp3) is 1.00. The van der Waals surface area contributed by atoms with E-state index in [1.165, 1.54) is 0 Å². The van der Waals surface area contributed by atoms with Gasteiger partial charge in [0.05, 0.1) is 0 Å². The zero-order valence-corrected chi connectivity index (χ0v) is 13.7. The van der Waals surface area contributed by atoms with Crippen molar-refractivity contribution < 1.29 is 22.8 Å². The Morgan fingerprint density at radius 3 is 1.60 bits per heavy atom. The summed E-state index contributed by atoms with van der Waals surface area (Å²) in [5.74, 6) is 0. The molecule has 0 bridgehead atoms. The molecule has 6 nitrogen and oxygen atoms in total. The summed E-state index contributed by atoms with van der Waals surface area (Å²) in [6.45, 7) is 11.3. The van der Waals surface area contributed by atoms with E-state index < -0.39 is 7.51 Å². The molecule has 0 aromatic carbocycles. The SMILES string of the molecule is C[C@@H]1OP2(CN3CCOCC3)(O[C@H]1C)O[C@H](C)[C@@H](C)O2. The van der Waals surface area contributed by atoms with E-state index in [1.807, 2.05) is 27.7 Å². The van der Waals surface area contributed by atoms with E-state index in [0.717, 1.165) is 26.3 Å². The molecule has 0 aromatic rings. The normalized spacial score (nSPS) is 46.3. The van der Waals surface area contributed by atoms with Gasteiger partial charge < -0.3 is 0 Å². The summed E-state index contributed by atoms with van der Waals surface area (Å²) >= 11 is 0. The van der Waals surface area contributed by atoms with Crippen molar-refractivity contribution in [3.05, 3.63) is 0 Å². The molecule has 3 aliphatic rings. The minimum absolute atomic E-state index is 0.00814. The first-order valence-electron chi connectivity index (χ1n) is 7.49. The molecule has 0 N–H and O–H groups in total. The first kappa shape index (κ1) is 15.1. The van der Waals surface area contributed by atoms with Crippen LogP contribution in [0.25, 0.3) is 0 Å². The molecule has 3 heterocycles. The summed E-state index contributed by atoms with van der Waals surface area (Å²) in [6, 6.07) is 0. The van der Waals surface area contributed by atoms with Gasteiger partial charge >= 0.3 is 120 Å². The van der Waals surface area contributed by atoms with Gasteiger partial charge in [0.2, 0.25) is 0 Å². The molecule has 20 heavy (non-hydrogen) atoms. The number of nitrogens with zero attached hydrogens (tertiary/aromatic N) is 1. The van der Waals surface area contributed by atoms with Crippen molar-refractivity contribution in [3.63, 3.8) is 0 Å². The quantitative estimate of drug-likeness (QED) is 0.729. The topological polar surface area (TPSA) is 49.4 Å². The predicted molar refractivity (Wildman–Crippen MR) is 76.4 cm³/mol. The van der Waals surface area contributed by atoms with E-state index in [4.69, 9.17) is 22.8 Å². The Hall–Kier alpha value is 0.190. The van der Waals surface area contributed by atoms with Crippen LogP contribution in [-0.2, 0) is 22.8 Å². The third-order valence-corrected chi connectivity index (χ3v) is 8.16. The van der Waals surface area contributed by atoms with Gasteiger partial charge in [-0.2, -0.15) is 0 Å². The van der Waals surface area contributed by atoms with Crippen molar-refractivity contribution >= 4 is 7.51 Å². The zero-order valence-electron chi connectivity index (χ0n) is 12.8. The van der Waals surface area contributed by atoms with Crippen molar-refractivity contribution in [3.8, 4) is 0 Å². The Kier molecular flexibility index (Phi) is 3.87. The Bertz CT molecular complexity index is 324. The van der Waals surface area contributed by atoms with Crippen LogP contribution < -0.4 is 0 Å². The molecule has 4 atom stereocenters. The Morgan fingerprint density at radius 2 is 1.20 bits per heavy atom. The maximum atomic E-state index is 6.23. The first-order valence-corrected chi connectivity index (χ1v) is 9.58. The molecule has 118 valence electrons. The number of hydrogen-bond donors (Lipinski definition) is 0. The summed E-state index contributed by atoms with van der Waals surface area (Å²) in [7, 11) is -3.48. The summed E-state index contributed by atoms with van der Waals surface area (Å²) in [4.78, 5) is 2.27. The van der Waals surface area contributed by atoms with E-state index in [9.17, 15) is 0 Å². The second kappa shape index (κ2) is 5.13. The molecule has 0 unspecified atom stereocenters. The monoisotopic (exact) mass is 307 g/mol. The molecule has 3 saturated heterocycles. The average Bonchev–Trinajstić information content (AvgIpc) is 2.75. The second-order valence-electron chi connectivity index (χ2n) is 6.08. The van der Waals surface area contributed by atoms with Crippen molar-refractivity contribution in [2.45, 2.75) is 52.1 Å². The molecule has 3 fully saturated rings. The summed E-state index contributed by atoms with van der Waals surface area (Å²) in [5, 5.41) is 0. The van der Waals surface area contributed by atoms with Crippen LogP contribution in [0, 0.1) is 0 Å². The van der Waals surface area contributed by atoms with Crippen molar-refractivity contribution in [2.24, 2.45) is 0 Å². The average molecular weight is 307 g/mol. The second-order valence-corrected chi connectivity index (χ2v) is 9.13. The molecule has 3 rings (SSSR count). The first-order chi connectivity index (χ1) is 9.41. The van der Waals surface area contributed by atoms with E-state index in [1.54, 1.807) is 0 Å². The molecular formula is C13H26NO5P. The van der Waals surface area contributed by atoms with Crippen molar-refractivity contribution in [2.75, 3.05) is 32.6 Å². The summed E-state index contributed by atoms with van der Waals surface area (Å²) in [6.07, 6.45) is 0.549. The summed E-state index contributed by atoms with van der Waals surface area (Å²) in [5.41, 5.74) is 0. The van der Waals surface area contributed by atoms with Gasteiger partial charge in [0.15, 0.2) is 0 Å². The van der Waals surface area contributed by atoms with E-state index in [-0.39, 0.29) is 24.4 Å². The fourth-order valence-corrected chi connectivity index (χ4v) is 7.74. The minimum atomic E-state index is -3.48. The van der Waals surface area contributed by atoms with Gasteiger partial charge in [-0.25, -0.2) is 0 Å². The van der Waals surface area contributed by atoms with Crippen LogP contribution in [0.15, 0.2) is 0 Å². The van der Waals surface area contributed by atoms with Crippen LogP contribution in [0.3, 0.4) is 0 Å². The molecule has 7 heteroatoms. The molecule has 3 aliphatic heterocycles. The van der Waals surface area contributed by atoms with E-state index >= 15 is 0 Å². The standard InChI is InChI=1S/C13H26NO5P/c1-10-11(2)17-20(16-10,18-12(3)13(4)19-20)9-14-5-7-15-8-6-14/h10-13H,5-9H2,1-4H3/t10-,11-,12+,13+. The number of ether oxygens (including phenoxy) is 1. The van der Waals surface area contributed by atoms with Gasteiger partial charge in [-0.3, -0.25) is 0 Å². The molecule has 0 saturated carbocycles. The molecular weight excluding hydrogens is 281 g/mol. The van der Waals surface area contributed by atoms with Crippen LogP contribution in [0.1, 0.15) is 27.7 Å². The fourth-order valence-electron chi connectivity index (χ4n) is 2.98. The Morgan fingerprint density at radius 1 is 0.800 bits per heavy atom. The molecule has 0 aliphatic carbocycles. The Labute approximate surface area is 120 Å². The van der Waals surface area contributed by atoms with Crippen molar-refractivity contribution in [1.29, 1.82) is 0 Å². The van der Waals surface area contributed by atoms with E-state index in [2.05, 4.69) is 4.90 Å². The molecule has 0 aromatic heterocycles. The Balaban J connectivity index is 1.85. The predicted octanol–water partition coefficient (Wildman–Crippen LogP) is 2.14.